The van der Waals surface area contributed by atoms with Gasteiger partial charge in [0, 0.05) is 25.7 Å². The first kappa shape index (κ1) is 14.2. The molecular formula is C13H18N4O3. The Morgan fingerprint density at radius 1 is 1.60 bits per heavy atom. The van der Waals surface area contributed by atoms with Crippen LogP contribution in [0.15, 0.2) is 12.3 Å². The number of hydrogen-bond acceptors (Lipinski definition) is 5. The molecule has 1 fully saturated rings. The zero-order chi connectivity index (χ0) is 14.7. The molecule has 0 aromatic carbocycles. The second kappa shape index (κ2) is 5.85. The van der Waals surface area contributed by atoms with Crippen molar-refractivity contribution in [1.29, 1.82) is 0 Å². The minimum atomic E-state index is -0.539. The van der Waals surface area contributed by atoms with Crippen molar-refractivity contribution >= 4 is 17.4 Å². The van der Waals surface area contributed by atoms with E-state index in [4.69, 9.17) is 0 Å². The van der Waals surface area contributed by atoms with Gasteiger partial charge in [0.1, 0.15) is 12.0 Å². The van der Waals surface area contributed by atoms with Gasteiger partial charge in [0.15, 0.2) is 0 Å². The fraction of sp³-hybridized carbons (Fsp3) is 0.538. The van der Waals surface area contributed by atoms with Crippen LogP contribution >= 0.6 is 0 Å². The lowest BCUT2D eigenvalue weighted by Crippen LogP contribution is -2.41. The average Bonchev–Trinajstić information content (AvgIpc) is 2.36. The number of carbonyl (C=O) groups excluding carboxylic acids is 1. The third-order valence-electron chi connectivity index (χ3n) is 3.60. The quantitative estimate of drug-likeness (QED) is 0.657. The molecule has 1 saturated carbocycles. The van der Waals surface area contributed by atoms with E-state index in [1.165, 1.54) is 6.07 Å². The van der Waals surface area contributed by atoms with E-state index in [-0.39, 0.29) is 23.2 Å². The summed E-state index contributed by atoms with van der Waals surface area (Å²) in [5, 5.41) is 13.8. The molecule has 7 heteroatoms. The standard InChI is InChI=1S/C13H18N4O3/c1-3-14-12-11(7-10(8-15-12)17(19)20)13(18)16(2)9-5-4-6-9/h7-9H,3-6H2,1-2H3,(H,14,15). The van der Waals surface area contributed by atoms with Crippen LogP contribution in [0.4, 0.5) is 11.5 Å². The van der Waals surface area contributed by atoms with Crippen molar-refractivity contribution in [2.75, 3.05) is 18.9 Å². The SMILES string of the molecule is CCNc1ncc([N+](=O)[O-])cc1C(=O)N(C)C1CCC1. The maximum Gasteiger partial charge on any atom is 0.288 e. The monoisotopic (exact) mass is 278 g/mol. The molecule has 0 spiro atoms. The molecule has 2 rings (SSSR count). The van der Waals surface area contributed by atoms with Crippen LogP contribution in [0.1, 0.15) is 36.5 Å². The summed E-state index contributed by atoms with van der Waals surface area (Å²) in [5.41, 5.74) is 0.0902. The van der Waals surface area contributed by atoms with Crippen LogP contribution in [0.2, 0.25) is 0 Å². The molecule has 1 N–H and O–H groups in total. The number of aromatic nitrogens is 1. The molecule has 0 aliphatic heterocycles. The molecule has 1 amide bonds. The molecule has 1 heterocycles. The van der Waals surface area contributed by atoms with Gasteiger partial charge in [-0.05, 0) is 26.2 Å². The third kappa shape index (κ3) is 2.71. The normalized spacial score (nSPS) is 14.5. The Balaban J connectivity index is 2.32. The van der Waals surface area contributed by atoms with Gasteiger partial charge in [0.25, 0.3) is 11.6 Å². The molecular weight excluding hydrogens is 260 g/mol. The Hall–Kier alpha value is -2.18. The fourth-order valence-electron chi connectivity index (χ4n) is 2.15. The Morgan fingerprint density at radius 2 is 2.30 bits per heavy atom. The van der Waals surface area contributed by atoms with E-state index in [0.29, 0.717) is 12.4 Å². The number of hydrogen-bond donors (Lipinski definition) is 1. The molecule has 20 heavy (non-hydrogen) atoms. The smallest absolute Gasteiger partial charge is 0.288 e. The number of pyridine rings is 1. The molecule has 0 radical (unpaired) electrons. The zero-order valence-corrected chi connectivity index (χ0v) is 11.6. The first-order chi connectivity index (χ1) is 9.54. The number of nitrogens with one attached hydrogen (secondary N) is 1. The summed E-state index contributed by atoms with van der Waals surface area (Å²) in [6.07, 6.45) is 4.26. The maximum atomic E-state index is 12.5. The van der Waals surface area contributed by atoms with Crippen molar-refractivity contribution in [2.45, 2.75) is 32.2 Å². The van der Waals surface area contributed by atoms with Crippen molar-refractivity contribution in [1.82, 2.24) is 9.88 Å². The number of anilines is 1. The largest absolute Gasteiger partial charge is 0.370 e. The summed E-state index contributed by atoms with van der Waals surface area (Å²) < 4.78 is 0. The van der Waals surface area contributed by atoms with E-state index in [1.807, 2.05) is 6.92 Å². The first-order valence-corrected chi connectivity index (χ1v) is 6.70. The van der Waals surface area contributed by atoms with E-state index in [0.717, 1.165) is 25.5 Å². The Kier molecular flexibility index (Phi) is 4.16. The van der Waals surface area contributed by atoms with Gasteiger partial charge >= 0.3 is 0 Å². The van der Waals surface area contributed by atoms with Crippen molar-refractivity contribution in [2.24, 2.45) is 0 Å². The summed E-state index contributed by atoms with van der Waals surface area (Å²) in [6, 6.07) is 1.53. The van der Waals surface area contributed by atoms with Gasteiger partial charge in [-0.15, -0.1) is 0 Å². The Bertz CT molecular complexity index is 528. The highest BCUT2D eigenvalue weighted by molar-refractivity contribution is 5.99. The predicted octanol–water partition coefficient (Wildman–Crippen LogP) is 2.05. The van der Waals surface area contributed by atoms with Crippen molar-refractivity contribution in [3.63, 3.8) is 0 Å². The zero-order valence-electron chi connectivity index (χ0n) is 11.6. The van der Waals surface area contributed by atoms with Gasteiger partial charge in [0.05, 0.1) is 10.5 Å². The van der Waals surface area contributed by atoms with Gasteiger partial charge < -0.3 is 10.2 Å². The number of nitrogens with zero attached hydrogens (tertiary/aromatic N) is 3. The molecule has 0 unspecified atom stereocenters. The molecule has 0 atom stereocenters. The second-order valence-corrected chi connectivity index (χ2v) is 4.88. The molecule has 1 aromatic rings. The van der Waals surface area contributed by atoms with E-state index >= 15 is 0 Å². The summed E-state index contributed by atoms with van der Waals surface area (Å²) in [7, 11) is 1.74. The minimum absolute atomic E-state index is 0.169. The Morgan fingerprint density at radius 3 is 2.80 bits per heavy atom. The lowest BCUT2D eigenvalue weighted by atomic mass is 9.91. The number of carbonyl (C=O) groups is 1. The molecule has 108 valence electrons. The first-order valence-electron chi connectivity index (χ1n) is 6.70. The molecule has 1 aliphatic rings. The van der Waals surface area contributed by atoms with E-state index in [2.05, 4.69) is 10.3 Å². The third-order valence-corrected chi connectivity index (χ3v) is 3.60. The Labute approximate surface area is 117 Å². The number of amides is 1. The molecule has 1 aliphatic carbocycles. The van der Waals surface area contributed by atoms with E-state index in [9.17, 15) is 14.9 Å². The summed E-state index contributed by atoms with van der Waals surface area (Å²) in [4.78, 5) is 28.4. The van der Waals surface area contributed by atoms with Gasteiger partial charge in [0.2, 0.25) is 0 Å². The lowest BCUT2D eigenvalue weighted by molar-refractivity contribution is -0.385. The molecule has 7 nitrogen and oxygen atoms in total. The van der Waals surface area contributed by atoms with Crippen LogP contribution in [-0.2, 0) is 0 Å². The predicted molar refractivity (Wildman–Crippen MR) is 74.8 cm³/mol. The van der Waals surface area contributed by atoms with Gasteiger partial charge in [-0.2, -0.15) is 0 Å². The van der Waals surface area contributed by atoms with Crippen LogP contribution in [0, 0.1) is 10.1 Å². The molecule has 1 aromatic heterocycles. The second-order valence-electron chi connectivity index (χ2n) is 4.88. The van der Waals surface area contributed by atoms with Gasteiger partial charge in [-0.3, -0.25) is 14.9 Å². The maximum absolute atomic E-state index is 12.5. The molecule has 0 saturated heterocycles. The summed E-state index contributed by atoms with van der Waals surface area (Å²) in [5.74, 6) is 0.177. The number of nitro groups is 1. The highest BCUT2D eigenvalue weighted by Gasteiger charge is 2.28. The van der Waals surface area contributed by atoms with Crippen LogP contribution in [0.25, 0.3) is 0 Å². The van der Waals surface area contributed by atoms with Crippen LogP contribution in [-0.4, -0.2) is 40.3 Å². The summed E-state index contributed by atoms with van der Waals surface area (Å²) >= 11 is 0. The average molecular weight is 278 g/mol. The topological polar surface area (TPSA) is 88.4 Å². The van der Waals surface area contributed by atoms with Crippen LogP contribution in [0.3, 0.4) is 0 Å². The highest BCUT2D eigenvalue weighted by Crippen LogP contribution is 2.27. The van der Waals surface area contributed by atoms with Crippen LogP contribution in [0.5, 0.6) is 0 Å². The van der Waals surface area contributed by atoms with Crippen LogP contribution < -0.4 is 5.32 Å². The van der Waals surface area contributed by atoms with Crippen molar-refractivity contribution in [3.05, 3.63) is 27.9 Å². The van der Waals surface area contributed by atoms with Gasteiger partial charge in [-0.1, -0.05) is 0 Å². The minimum Gasteiger partial charge on any atom is -0.370 e. The molecule has 0 bridgehead atoms. The highest BCUT2D eigenvalue weighted by atomic mass is 16.6. The van der Waals surface area contributed by atoms with E-state index in [1.54, 1.807) is 11.9 Å². The lowest BCUT2D eigenvalue weighted by Gasteiger charge is -2.34. The fourth-order valence-corrected chi connectivity index (χ4v) is 2.15. The van der Waals surface area contributed by atoms with Gasteiger partial charge in [-0.25, -0.2) is 4.98 Å². The van der Waals surface area contributed by atoms with Crippen molar-refractivity contribution < 1.29 is 9.72 Å². The van der Waals surface area contributed by atoms with Crippen molar-refractivity contribution in [3.8, 4) is 0 Å². The summed E-state index contributed by atoms with van der Waals surface area (Å²) in [6.45, 7) is 2.48. The van der Waals surface area contributed by atoms with E-state index < -0.39 is 4.92 Å². The number of rotatable bonds is 5.